The third-order valence-corrected chi connectivity index (χ3v) is 6.91. The maximum absolute atomic E-state index is 12.8. The first-order valence-corrected chi connectivity index (χ1v) is 13.5. The van der Waals surface area contributed by atoms with Crippen molar-refractivity contribution in [3.8, 4) is 5.75 Å². The van der Waals surface area contributed by atoms with Crippen molar-refractivity contribution in [2.24, 2.45) is 5.92 Å². The van der Waals surface area contributed by atoms with Gasteiger partial charge in [-0.3, -0.25) is 14.8 Å². The lowest BCUT2D eigenvalue weighted by Gasteiger charge is -2.14. The van der Waals surface area contributed by atoms with E-state index in [1.807, 2.05) is 0 Å². The van der Waals surface area contributed by atoms with E-state index in [4.69, 9.17) is 17.0 Å². The van der Waals surface area contributed by atoms with Crippen LogP contribution in [0, 0.1) is 5.92 Å². The number of amides is 1. The van der Waals surface area contributed by atoms with E-state index in [0.717, 1.165) is 10.9 Å². The molecule has 0 unspecified atom stereocenters. The summed E-state index contributed by atoms with van der Waals surface area (Å²) in [5, 5.41) is 5.60. The Bertz CT molecular complexity index is 1280. The summed E-state index contributed by atoms with van der Waals surface area (Å²) in [6.45, 7) is 4.70. The Morgan fingerprint density at radius 1 is 1.00 bits per heavy atom. The molecule has 3 aromatic carbocycles. The van der Waals surface area contributed by atoms with Gasteiger partial charge < -0.3 is 10.1 Å². The third kappa shape index (κ3) is 8.05. The Balaban J connectivity index is 1.62. The molecular weight excluding hydrogens is 550 g/mol. The van der Waals surface area contributed by atoms with Crippen molar-refractivity contribution in [2.75, 3.05) is 16.6 Å². The predicted octanol–water partition coefficient (Wildman–Crippen LogP) is 5.80. The predicted molar refractivity (Wildman–Crippen MR) is 146 cm³/mol. The van der Waals surface area contributed by atoms with Gasteiger partial charge >= 0.3 is 0 Å². The number of halogens is 1. The van der Waals surface area contributed by atoms with E-state index in [0.29, 0.717) is 35.2 Å². The normalized spacial score (nSPS) is 11.1. The molecule has 0 heterocycles. The van der Waals surface area contributed by atoms with E-state index in [1.165, 1.54) is 12.1 Å². The summed E-state index contributed by atoms with van der Waals surface area (Å²) in [7, 11) is -3.73. The molecule has 0 aliphatic carbocycles. The first kappa shape index (κ1) is 26.7. The lowest BCUT2D eigenvalue weighted by molar-refractivity contribution is 0.0973. The zero-order chi connectivity index (χ0) is 25.4. The quantitative estimate of drug-likeness (QED) is 0.279. The number of hydrogen-bond donors (Lipinski definition) is 3. The summed E-state index contributed by atoms with van der Waals surface area (Å²) in [6, 6.07) is 19.9. The molecule has 3 aromatic rings. The molecule has 0 aromatic heterocycles. The first-order valence-electron chi connectivity index (χ1n) is 10.9. The van der Waals surface area contributed by atoms with Gasteiger partial charge in [0.2, 0.25) is 0 Å². The number of sulfonamides is 1. The summed E-state index contributed by atoms with van der Waals surface area (Å²) in [5.41, 5.74) is 1.34. The number of para-hydroxylation sites is 1. The van der Waals surface area contributed by atoms with E-state index in [2.05, 4.69) is 45.1 Å². The smallest absolute Gasteiger partial charge is 0.261 e. The molecule has 0 aliphatic rings. The Labute approximate surface area is 219 Å². The second-order valence-corrected chi connectivity index (χ2v) is 11.1. The Hall–Kier alpha value is -2.95. The van der Waals surface area contributed by atoms with Crippen LogP contribution >= 0.6 is 28.1 Å². The highest BCUT2D eigenvalue weighted by Gasteiger charge is 2.16. The van der Waals surface area contributed by atoms with Gasteiger partial charge in [-0.1, -0.05) is 48.0 Å². The summed E-state index contributed by atoms with van der Waals surface area (Å²) in [4.78, 5) is 12.9. The number of benzene rings is 3. The molecule has 0 atom stereocenters. The second kappa shape index (κ2) is 12.1. The van der Waals surface area contributed by atoms with Crippen LogP contribution < -0.4 is 20.1 Å². The van der Waals surface area contributed by atoms with Crippen molar-refractivity contribution in [3.63, 3.8) is 0 Å². The number of anilines is 2. The molecule has 0 radical (unpaired) electrons. The second-order valence-electron chi connectivity index (χ2n) is 8.08. The van der Waals surface area contributed by atoms with Crippen LogP contribution in [0.5, 0.6) is 5.75 Å². The fraction of sp³-hybridized carbons (Fsp3) is 0.200. The van der Waals surface area contributed by atoms with Gasteiger partial charge in [-0.05, 0) is 79.2 Å². The standard InChI is InChI=1S/C25H26BrN3O4S2/c1-17(2)14-15-33-23-13-8-18(26)16-22(23)24(30)28-25(34)27-19-9-11-21(12-10-19)35(31,32)29-20-6-4-3-5-7-20/h3-13,16-17,29H,14-15H2,1-2H3,(H2,27,28,30,34). The van der Waals surface area contributed by atoms with Crippen molar-refractivity contribution >= 4 is 60.6 Å². The average molecular weight is 577 g/mol. The highest BCUT2D eigenvalue weighted by atomic mass is 79.9. The molecule has 3 rings (SSSR count). The maximum atomic E-state index is 12.8. The molecule has 0 saturated carbocycles. The zero-order valence-corrected chi connectivity index (χ0v) is 22.5. The van der Waals surface area contributed by atoms with Crippen LogP contribution in [-0.2, 0) is 10.0 Å². The van der Waals surface area contributed by atoms with Crippen molar-refractivity contribution < 1.29 is 17.9 Å². The molecule has 10 heteroatoms. The summed E-state index contributed by atoms with van der Waals surface area (Å²) < 4.78 is 34.2. The minimum atomic E-state index is -3.73. The molecule has 0 aliphatic heterocycles. The molecule has 0 spiro atoms. The highest BCUT2D eigenvalue weighted by Crippen LogP contribution is 2.24. The SMILES string of the molecule is CC(C)CCOc1ccc(Br)cc1C(=O)NC(=S)Nc1ccc(S(=O)(=O)Nc2ccccc2)cc1. The van der Waals surface area contributed by atoms with Gasteiger partial charge in [0.05, 0.1) is 17.1 Å². The molecule has 0 bridgehead atoms. The number of carbonyl (C=O) groups is 1. The van der Waals surface area contributed by atoms with Crippen LogP contribution in [0.4, 0.5) is 11.4 Å². The van der Waals surface area contributed by atoms with Crippen LogP contribution in [0.1, 0.15) is 30.6 Å². The summed E-state index contributed by atoms with van der Waals surface area (Å²) in [5.74, 6) is 0.527. The van der Waals surface area contributed by atoms with Gasteiger partial charge in [0.1, 0.15) is 5.75 Å². The van der Waals surface area contributed by atoms with Crippen LogP contribution in [0.2, 0.25) is 0 Å². The number of thiocarbonyl (C=S) groups is 1. The van der Waals surface area contributed by atoms with Gasteiger partial charge in [-0.15, -0.1) is 0 Å². The van der Waals surface area contributed by atoms with Gasteiger partial charge in [-0.2, -0.15) is 0 Å². The number of carbonyl (C=O) groups excluding carboxylic acids is 1. The van der Waals surface area contributed by atoms with Gasteiger partial charge in [0.15, 0.2) is 5.11 Å². The van der Waals surface area contributed by atoms with E-state index in [-0.39, 0.29) is 10.0 Å². The minimum Gasteiger partial charge on any atom is -0.493 e. The summed E-state index contributed by atoms with van der Waals surface area (Å²) in [6.07, 6.45) is 0.865. The molecule has 0 saturated heterocycles. The molecule has 7 nitrogen and oxygen atoms in total. The Kier molecular flexibility index (Phi) is 9.25. The van der Waals surface area contributed by atoms with Crippen molar-refractivity contribution in [3.05, 3.63) is 82.8 Å². The van der Waals surface area contributed by atoms with Crippen molar-refractivity contribution in [2.45, 2.75) is 25.2 Å². The fourth-order valence-corrected chi connectivity index (χ4v) is 4.61. The molecule has 1 amide bonds. The summed E-state index contributed by atoms with van der Waals surface area (Å²) >= 11 is 8.66. The molecular formula is C25H26BrN3O4S2. The lowest BCUT2D eigenvalue weighted by atomic mass is 10.1. The number of hydrogen-bond acceptors (Lipinski definition) is 5. The van der Waals surface area contributed by atoms with E-state index in [9.17, 15) is 13.2 Å². The van der Waals surface area contributed by atoms with E-state index in [1.54, 1.807) is 60.7 Å². The van der Waals surface area contributed by atoms with E-state index >= 15 is 0 Å². The Morgan fingerprint density at radius 3 is 2.34 bits per heavy atom. The number of nitrogens with one attached hydrogen (secondary N) is 3. The van der Waals surface area contributed by atoms with Crippen LogP contribution in [-0.4, -0.2) is 26.0 Å². The topological polar surface area (TPSA) is 96.5 Å². The van der Waals surface area contributed by atoms with Crippen LogP contribution in [0.25, 0.3) is 0 Å². The largest absolute Gasteiger partial charge is 0.493 e. The molecule has 0 fully saturated rings. The first-order chi connectivity index (χ1) is 16.6. The Morgan fingerprint density at radius 2 is 1.69 bits per heavy atom. The molecule has 3 N–H and O–H groups in total. The zero-order valence-electron chi connectivity index (χ0n) is 19.2. The number of rotatable bonds is 9. The van der Waals surface area contributed by atoms with Crippen LogP contribution in [0.3, 0.4) is 0 Å². The van der Waals surface area contributed by atoms with Gasteiger partial charge in [0.25, 0.3) is 15.9 Å². The van der Waals surface area contributed by atoms with Crippen molar-refractivity contribution in [1.82, 2.24) is 5.32 Å². The molecule has 35 heavy (non-hydrogen) atoms. The highest BCUT2D eigenvalue weighted by molar-refractivity contribution is 9.10. The van der Waals surface area contributed by atoms with Gasteiger partial charge in [-0.25, -0.2) is 8.42 Å². The van der Waals surface area contributed by atoms with Crippen LogP contribution in [0.15, 0.2) is 82.2 Å². The van der Waals surface area contributed by atoms with Gasteiger partial charge in [0, 0.05) is 15.8 Å². The maximum Gasteiger partial charge on any atom is 0.261 e. The third-order valence-electron chi connectivity index (χ3n) is 4.81. The fourth-order valence-electron chi connectivity index (χ4n) is 2.98. The average Bonchev–Trinajstić information content (AvgIpc) is 2.80. The monoisotopic (exact) mass is 575 g/mol. The molecule has 184 valence electrons. The minimum absolute atomic E-state index is 0.0705. The van der Waals surface area contributed by atoms with E-state index < -0.39 is 15.9 Å². The number of ether oxygens (including phenoxy) is 1. The van der Waals surface area contributed by atoms with Crippen molar-refractivity contribution in [1.29, 1.82) is 0 Å². The lowest BCUT2D eigenvalue weighted by Crippen LogP contribution is -2.34.